The van der Waals surface area contributed by atoms with Gasteiger partial charge in [-0.2, -0.15) is 0 Å². The van der Waals surface area contributed by atoms with Crippen LogP contribution in [0.15, 0.2) is 58.7 Å². The smallest absolute Gasteiger partial charge is 0.339 e. The van der Waals surface area contributed by atoms with Gasteiger partial charge in [-0.25, -0.2) is 14.8 Å². The summed E-state index contributed by atoms with van der Waals surface area (Å²) in [6.45, 7) is 1.49. The van der Waals surface area contributed by atoms with Gasteiger partial charge in [0.2, 0.25) is 0 Å². The molecular formula is C20H14ClN3O4S. The van der Waals surface area contributed by atoms with Crippen molar-refractivity contribution in [3.63, 3.8) is 0 Å². The second-order valence-electron chi connectivity index (χ2n) is 6.09. The number of halogens is 1. The Morgan fingerprint density at radius 2 is 2.07 bits per heavy atom. The molecule has 4 aromatic rings. The average Bonchev–Trinajstić information content (AvgIpc) is 3.37. The summed E-state index contributed by atoms with van der Waals surface area (Å²) >= 11 is 7.43. The molecule has 0 spiro atoms. The average molecular weight is 428 g/mol. The Kier molecular flexibility index (Phi) is 5.28. The number of aromatic nitrogens is 2. The van der Waals surface area contributed by atoms with Crippen molar-refractivity contribution in [1.29, 1.82) is 0 Å². The van der Waals surface area contributed by atoms with E-state index in [1.807, 2.05) is 18.2 Å². The number of fused-ring (bicyclic) bond motifs is 1. The van der Waals surface area contributed by atoms with Crippen LogP contribution in [0.1, 0.15) is 17.3 Å². The molecule has 1 atom stereocenters. The van der Waals surface area contributed by atoms with Gasteiger partial charge in [0.1, 0.15) is 5.52 Å². The number of amides is 1. The van der Waals surface area contributed by atoms with Crippen molar-refractivity contribution in [3.8, 4) is 11.3 Å². The van der Waals surface area contributed by atoms with Crippen molar-refractivity contribution in [2.75, 3.05) is 5.32 Å². The summed E-state index contributed by atoms with van der Waals surface area (Å²) in [7, 11) is 0. The van der Waals surface area contributed by atoms with Gasteiger partial charge in [0, 0.05) is 16.0 Å². The number of thiazole rings is 1. The molecule has 0 bridgehead atoms. The third kappa shape index (κ3) is 4.13. The number of esters is 1. The number of nitrogens with one attached hydrogen (secondary N) is 1. The summed E-state index contributed by atoms with van der Waals surface area (Å²) in [5, 5.41) is 5.40. The van der Waals surface area contributed by atoms with E-state index in [4.69, 9.17) is 20.8 Å². The highest BCUT2D eigenvalue weighted by Crippen LogP contribution is 2.30. The van der Waals surface area contributed by atoms with Crippen LogP contribution in [0.5, 0.6) is 0 Å². The molecule has 0 radical (unpaired) electrons. The molecule has 0 aliphatic heterocycles. The van der Waals surface area contributed by atoms with Crippen LogP contribution in [0.4, 0.5) is 5.13 Å². The Morgan fingerprint density at radius 1 is 1.24 bits per heavy atom. The highest BCUT2D eigenvalue weighted by Gasteiger charge is 2.21. The van der Waals surface area contributed by atoms with E-state index in [0.29, 0.717) is 26.9 Å². The van der Waals surface area contributed by atoms with Crippen molar-refractivity contribution in [2.45, 2.75) is 13.0 Å². The van der Waals surface area contributed by atoms with E-state index in [1.165, 1.54) is 30.7 Å². The van der Waals surface area contributed by atoms with Crippen LogP contribution in [0.25, 0.3) is 22.4 Å². The maximum absolute atomic E-state index is 12.4. The molecule has 146 valence electrons. The van der Waals surface area contributed by atoms with Gasteiger partial charge in [-0.05, 0) is 31.2 Å². The van der Waals surface area contributed by atoms with Gasteiger partial charge < -0.3 is 9.15 Å². The Labute approximate surface area is 174 Å². The predicted molar refractivity (Wildman–Crippen MR) is 110 cm³/mol. The Morgan fingerprint density at radius 3 is 2.90 bits per heavy atom. The first-order valence-corrected chi connectivity index (χ1v) is 9.82. The number of oxazole rings is 1. The molecule has 1 N–H and O–H groups in total. The molecular weight excluding hydrogens is 414 g/mol. The zero-order valence-corrected chi connectivity index (χ0v) is 16.7. The largest absolute Gasteiger partial charge is 0.449 e. The van der Waals surface area contributed by atoms with E-state index in [-0.39, 0.29) is 5.56 Å². The van der Waals surface area contributed by atoms with Gasteiger partial charge >= 0.3 is 5.97 Å². The molecule has 2 aromatic carbocycles. The van der Waals surface area contributed by atoms with Crippen molar-refractivity contribution >= 4 is 51.0 Å². The standard InChI is InChI=1S/C20H14ClN3O4S/c1-11(28-19(26)12-6-7-15-17(8-12)27-10-22-15)18(25)24-20-23-16(9-29-20)13-4-2-3-5-14(13)21/h2-11H,1H3,(H,23,24,25). The van der Waals surface area contributed by atoms with E-state index >= 15 is 0 Å². The molecule has 0 aliphatic rings. The summed E-state index contributed by atoms with van der Waals surface area (Å²) in [4.78, 5) is 33.1. The number of rotatable bonds is 5. The van der Waals surface area contributed by atoms with E-state index in [9.17, 15) is 9.59 Å². The topological polar surface area (TPSA) is 94.3 Å². The van der Waals surface area contributed by atoms with Crippen LogP contribution in [0, 0.1) is 0 Å². The molecule has 4 rings (SSSR count). The minimum atomic E-state index is -1.01. The summed E-state index contributed by atoms with van der Waals surface area (Å²) in [6, 6.07) is 12.0. The lowest BCUT2D eigenvalue weighted by Crippen LogP contribution is -2.29. The minimum Gasteiger partial charge on any atom is -0.449 e. The van der Waals surface area contributed by atoms with Crippen molar-refractivity contribution in [2.24, 2.45) is 0 Å². The highest BCUT2D eigenvalue weighted by atomic mass is 35.5. The summed E-state index contributed by atoms with van der Waals surface area (Å²) < 4.78 is 10.4. The fourth-order valence-corrected chi connectivity index (χ4v) is 3.54. The number of benzene rings is 2. The molecule has 1 unspecified atom stereocenters. The van der Waals surface area contributed by atoms with Gasteiger partial charge in [-0.15, -0.1) is 11.3 Å². The zero-order chi connectivity index (χ0) is 20.4. The van der Waals surface area contributed by atoms with Gasteiger partial charge in [0.15, 0.2) is 23.2 Å². The fourth-order valence-electron chi connectivity index (χ4n) is 2.59. The van der Waals surface area contributed by atoms with Crippen LogP contribution < -0.4 is 5.32 Å². The molecule has 2 heterocycles. The first-order valence-electron chi connectivity index (χ1n) is 8.57. The predicted octanol–water partition coefficient (Wildman–Crippen LogP) is 4.79. The number of carbonyl (C=O) groups is 2. The lowest BCUT2D eigenvalue weighted by atomic mass is 10.2. The molecule has 0 saturated carbocycles. The molecule has 2 aromatic heterocycles. The number of nitrogens with zero attached hydrogens (tertiary/aromatic N) is 2. The quantitative estimate of drug-likeness (QED) is 0.460. The van der Waals surface area contributed by atoms with Crippen LogP contribution in [0.3, 0.4) is 0 Å². The second-order valence-corrected chi connectivity index (χ2v) is 7.35. The van der Waals surface area contributed by atoms with Crippen molar-refractivity contribution in [3.05, 3.63) is 64.8 Å². The minimum absolute atomic E-state index is 0.268. The maximum atomic E-state index is 12.4. The Balaban J connectivity index is 1.40. The monoisotopic (exact) mass is 427 g/mol. The van der Waals surface area contributed by atoms with Crippen LogP contribution >= 0.6 is 22.9 Å². The maximum Gasteiger partial charge on any atom is 0.339 e. The lowest BCUT2D eigenvalue weighted by Gasteiger charge is -2.12. The van der Waals surface area contributed by atoms with Gasteiger partial charge in [-0.1, -0.05) is 29.8 Å². The lowest BCUT2D eigenvalue weighted by molar-refractivity contribution is -0.123. The third-order valence-corrected chi connectivity index (χ3v) is 5.19. The summed E-state index contributed by atoms with van der Waals surface area (Å²) in [6.07, 6.45) is 0.279. The number of anilines is 1. The van der Waals surface area contributed by atoms with E-state index in [1.54, 1.807) is 23.6 Å². The first-order chi connectivity index (χ1) is 14.0. The highest BCUT2D eigenvalue weighted by molar-refractivity contribution is 7.14. The van der Waals surface area contributed by atoms with Crippen molar-refractivity contribution < 1.29 is 18.7 Å². The second kappa shape index (κ2) is 8.02. The van der Waals surface area contributed by atoms with E-state index in [0.717, 1.165) is 5.56 Å². The number of ether oxygens (including phenoxy) is 1. The van der Waals surface area contributed by atoms with Crippen molar-refractivity contribution in [1.82, 2.24) is 9.97 Å². The zero-order valence-electron chi connectivity index (χ0n) is 15.1. The molecule has 0 aliphatic carbocycles. The summed E-state index contributed by atoms with van der Waals surface area (Å²) in [5.41, 5.74) is 2.79. The molecule has 29 heavy (non-hydrogen) atoms. The Hall–Kier alpha value is -3.23. The third-order valence-electron chi connectivity index (χ3n) is 4.10. The van der Waals surface area contributed by atoms with Crippen LogP contribution in [0.2, 0.25) is 5.02 Å². The SMILES string of the molecule is CC(OC(=O)c1ccc2ncoc2c1)C(=O)Nc1nc(-c2ccccc2Cl)cs1. The molecule has 1 amide bonds. The molecule has 9 heteroatoms. The Bertz CT molecular complexity index is 1200. The van der Waals surface area contributed by atoms with E-state index in [2.05, 4.69) is 15.3 Å². The van der Waals surface area contributed by atoms with Gasteiger partial charge in [0.05, 0.1) is 11.3 Å². The molecule has 7 nitrogen and oxygen atoms in total. The number of carbonyl (C=O) groups excluding carboxylic acids is 2. The number of hydrogen-bond acceptors (Lipinski definition) is 7. The first kappa shape index (κ1) is 19.1. The summed E-state index contributed by atoms with van der Waals surface area (Å²) in [5.74, 6) is -1.12. The molecule has 0 fully saturated rings. The van der Waals surface area contributed by atoms with E-state index < -0.39 is 18.0 Å². The fraction of sp³-hybridized carbons (Fsp3) is 0.100. The van der Waals surface area contributed by atoms with Gasteiger partial charge in [0.25, 0.3) is 5.91 Å². The van der Waals surface area contributed by atoms with Gasteiger partial charge in [-0.3, -0.25) is 10.1 Å². The molecule has 0 saturated heterocycles. The van der Waals surface area contributed by atoms with Crippen LogP contribution in [-0.2, 0) is 9.53 Å². The number of hydrogen-bond donors (Lipinski definition) is 1. The van der Waals surface area contributed by atoms with Crippen LogP contribution in [-0.4, -0.2) is 27.9 Å². The normalized spacial score (nSPS) is 11.9.